The number of alkyl halides is 1. The molecule has 0 aliphatic carbocycles. The van der Waals surface area contributed by atoms with Crippen LogP contribution in [0, 0.1) is 0 Å². The van der Waals surface area contributed by atoms with Crippen molar-refractivity contribution in [3.8, 4) is 0 Å². The molecule has 0 aliphatic rings. The lowest BCUT2D eigenvalue weighted by Crippen LogP contribution is -2.12. The Bertz CT molecular complexity index is 543. The second-order valence-electron chi connectivity index (χ2n) is 4.14. The van der Waals surface area contributed by atoms with Crippen molar-refractivity contribution in [1.82, 2.24) is 14.5 Å². The summed E-state index contributed by atoms with van der Waals surface area (Å²) in [5, 5.41) is 0. The summed E-state index contributed by atoms with van der Waals surface area (Å²) >= 11 is 11.1. The number of aryl methyl sites for hydroxylation is 1. The van der Waals surface area contributed by atoms with Gasteiger partial charge < -0.3 is 4.57 Å². The fourth-order valence-corrected chi connectivity index (χ4v) is 3.16. The Kier molecular flexibility index (Phi) is 4.92. The molecule has 98 valence electrons. The van der Waals surface area contributed by atoms with E-state index in [0.717, 1.165) is 33.6 Å². The van der Waals surface area contributed by atoms with E-state index >= 15 is 0 Å². The first kappa shape index (κ1) is 14.2. The highest BCUT2D eigenvalue weighted by Gasteiger charge is 2.16. The van der Waals surface area contributed by atoms with E-state index in [1.807, 2.05) is 24.0 Å². The average Bonchev–Trinajstić information content (AvgIpc) is 2.67. The number of rotatable bonds is 5. The highest BCUT2D eigenvalue weighted by atomic mass is 79.9. The maximum atomic E-state index is 5.86. The Morgan fingerprint density at radius 2 is 2.33 bits per heavy atom. The number of pyridine rings is 1. The van der Waals surface area contributed by atoms with Crippen LogP contribution in [-0.4, -0.2) is 32.4 Å². The maximum Gasteiger partial charge on any atom is 0.160 e. The van der Waals surface area contributed by atoms with Gasteiger partial charge in [0.2, 0.25) is 0 Å². The van der Waals surface area contributed by atoms with Crippen LogP contribution in [0.3, 0.4) is 0 Å². The van der Waals surface area contributed by atoms with Crippen LogP contribution >= 0.6 is 39.3 Å². The lowest BCUT2D eigenvalue weighted by atomic mass is 10.3. The first-order chi connectivity index (χ1) is 8.67. The van der Waals surface area contributed by atoms with E-state index in [0.29, 0.717) is 11.9 Å². The van der Waals surface area contributed by atoms with Crippen LogP contribution in [-0.2, 0) is 6.42 Å². The first-order valence-corrected chi connectivity index (χ1v) is 8.46. The third kappa shape index (κ3) is 2.83. The molecule has 0 radical (unpaired) electrons. The number of nitrogens with zero attached hydrogens (tertiary/aromatic N) is 3. The molecule has 0 fully saturated rings. The molecule has 6 heteroatoms. The zero-order chi connectivity index (χ0) is 13.1. The number of aromatic nitrogens is 3. The van der Waals surface area contributed by atoms with Crippen molar-refractivity contribution in [3.05, 3.63) is 22.6 Å². The van der Waals surface area contributed by atoms with Gasteiger partial charge in [0.1, 0.15) is 11.3 Å². The minimum absolute atomic E-state index is 0.372. The lowest BCUT2D eigenvalue weighted by molar-refractivity contribution is 0.593. The number of thioether (sulfide) groups is 1. The summed E-state index contributed by atoms with van der Waals surface area (Å²) < 4.78 is 3.16. The minimum atomic E-state index is 0.372. The van der Waals surface area contributed by atoms with Crippen LogP contribution in [0.1, 0.15) is 18.8 Å². The Labute approximate surface area is 124 Å². The summed E-state index contributed by atoms with van der Waals surface area (Å²) in [6.45, 7) is 2.19. The zero-order valence-corrected chi connectivity index (χ0v) is 13.5. The van der Waals surface area contributed by atoms with Gasteiger partial charge >= 0.3 is 0 Å². The molecular formula is C12H15BrClN3S. The van der Waals surface area contributed by atoms with E-state index in [9.17, 15) is 0 Å². The van der Waals surface area contributed by atoms with Gasteiger partial charge in [-0.25, -0.2) is 9.97 Å². The van der Waals surface area contributed by atoms with Crippen molar-refractivity contribution in [2.24, 2.45) is 0 Å². The van der Waals surface area contributed by atoms with Crippen molar-refractivity contribution < 1.29 is 0 Å². The second-order valence-corrected chi connectivity index (χ2v) is 6.34. The lowest BCUT2D eigenvalue weighted by Gasteiger charge is -2.15. The fourth-order valence-electron chi connectivity index (χ4n) is 2.04. The van der Waals surface area contributed by atoms with Crippen molar-refractivity contribution >= 4 is 50.5 Å². The number of fused-ring (bicyclic) bond motifs is 1. The summed E-state index contributed by atoms with van der Waals surface area (Å²) in [5.41, 5.74) is 1.87. The standard InChI is InChI=1S/C12H15BrClN3S/c1-8(7-18-2)17-11(3-4-14)16-10-5-9(13)6-15-12(10)17/h5-6,8H,3-4,7H2,1-2H3. The Morgan fingerprint density at radius 3 is 3.00 bits per heavy atom. The normalized spacial score (nSPS) is 13.1. The number of halogens is 2. The highest BCUT2D eigenvalue weighted by Crippen LogP contribution is 2.24. The van der Waals surface area contributed by atoms with Gasteiger partial charge in [0.15, 0.2) is 5.65 Å². The quantitative estimate of drug-likeness (QED) is 0.768. The van der Waals surface area contributed by atoms with E-state index < -0.39 is 0 Å². The Morgan fingerprint density at radius 1 is 1.56 bits per heavy atom. The predicted molar refractivity (Wildman–Crippen MR) is 82.7 cm³/mol. The summed E-state index contributed by atoms with van der Waals surface area (Å²) in [4.78, 5) is 9.13. The van der Waals surface area contributed by atoms with E-state index in [1.54, 1.807) is 0 Å². The molecular weight excluding hydrogens is 334 g/mol. The first-order valence-electron chi connectivity index (χ1n) is 5.74. The van der Waals surface area contributed by atoms with Gasteiger partial charge in [-0.2, -0.15) is 11.8 Å². The third-order valence-corrected chi connectivity index (χ3v) is 4.17. The molecule has 3 nitrogen and oxygen atoms in total. The van der Waals surface area contributed by atoms with Gasteiger partial charge in [-0.05, 0) is 35.2 Å². The molecule has 18 heavy (non-hydrogen) atoms. The van der Waals surface area contributed by atoms with Gasteiger partial charge in [-0.15, -0.1) is 11.6 Å². The molecule has 2 aromatic rings. The van der Waals surface area contributed by atoms with Gasteiger partial charge in [-0.1, -0.05) is 0 Å². The van der Waals surface area contributed by atoms with E-state index in [2.05, 4.69) is 43.6 Å². The summed E-state index contributed by atoms with van der Waals surface area (Å²) in [7, 11) is 0. The van der Waals surface area contributed by atoms with Crippen molar-refractivity contribution in [3.63, 3.8) is 0 Å². The molecule has 0 N–H and O–H groups in total. The van der Waals surface area contributed by atoms with Crippen LogP contribution in [0.25, 0.3) is 11.2 Å². The molecule has 1 atom stereocenters. The minimum Gasteiger partial charge on any atom is -0.309 e. The molecule has 0 saturated carbocycles. The Hall–Kier alpha value is -0.260. The van der Waals surface area contributed by atoms with Gasteiger partial charge in [0, 0.05) is 34.8 Å². The fraction of sp³-hybridized carbons (Fsp3) is 0.500. The highest BCUT2D eigenvalue weighted by molar-refractivity contribution is 9.10. The van der Waals surface area contributed by atoms with Crippen molar-refractivity contribution in [2.75, 3.05) is 17.9 Å². The van der Waals surface area contributed by atoms with Gasteiger partial charge in [0.05, 0.1) is 0 Å². The smallest absolute Gasteiger partial charge is 0.160 e. The maximum absolute atomic E-state index is 5.86. The van der Waals surface area contributed by atoms with Gasteiger partial charge in [0.25, 0.3) is 0 Å². The molecule has 0 amide bonds. The van der Waals surface area contributed by atoms with Crippen LogP contribution in [0.5, 0.6) is 0 Å². The summed E-state index contributed by atoms with van der Waals surface area (Å²) in [5.74, 6) is 2.64. The molecule has 0 saturated heterocycles. The third-order valence-electron chi connectivity index (χ3n) is 2.74. The largest absolute Gasteiger partial charge is 0.309 e. The van der Waals surface area contributed by atoms with E-state index in [4.69, 9.17) is 11.6 Å². The van der Waals surface area contributed by atoms with Gasteiger partial charge in [-0.3, -0.25) is 0 Å². The molecule has 0 aliphatic heterocycles. The molecule has 0 spiro atoms. The zero-order valence-electron chi connectivity index (χ0n) is 10.4. The van der Waals surface area contributed by atoms with Crippen LogP contribution < -0.4 is 0 Å². The number of hydrogen-bond donors (Lipinski definition) is 0. The van der Waals surface area contributed by atoms with E-state index in [-0.39, 0.29) is 0 Å². The predicted octanol–water partition coefficient (Wildman–Crippen LogP) is 3.90. The number of hydrogen-bond acceptors (Lipinski definition) is 3. The molecule has 2 heterocycles. The molecule has 0 bridgehead atoms. The molecule has 2 aromatic heterocycles. The average molecular weight is 349 g/mol. The Balaban J connectivity index is 2.54. The SMILES string of the molecule is CSCC(C)n1c(CCCl)nc2cc(Br)cnc21. The molecule has 1 unspecified atom stereocenters. The second kappa shape index (κ2) is 6.26. The monoisotopic (exact) mass is 347 g/mol. The van der Waals surface area contributed by atoms with E-state index in [1.165, 1.54) is 0 Å². The number of imidazole rings is 1. The molecule has 0 aromatic carbocycles. The molecule has 2 rings (SSSR count). The van der Waals surface area contributed by atoms with Crippen LogP contribution in [0.2, 0.25) is 0 Å². The van der Waals surface area contributed by atoms with Crippen molar-refractivity contribution in [1.29, 1.82) is 0 Å². The topological polar surface area (TPSA) is 30.7 Å². The van der Waals surface area contributed by atoms with Crippen molar-refractivity contribution in [2.45, 2.75) is 19.4 Å². The summed E-state index contributed by atoms with van der Waals surface area (Å²) in [6, 6.07) is 2.37. The summed E-state index contributed by atoms with van der Waals surface area (Å²) in [6.07, 6.45) is 4.70. The van der Waals surface area contributed by atoms with Crippen LogP contribution in [0.15, 0.2) is 16.7 Å². The van der Waals surface area contributed by atoms with Crippen LogP contribution in [0.4, 0.5) is 0 Å².